The zero-order valence-corrected chi connectivity index (χ0v) is 15.8. The Labute approximate surface area is 146 Å². The molecule has 0 radical (unpaired) electrons. The summed E-state index contributed by atoms with van der Waals surface area (Å²) in [5.41, 5.74) is 8.62. The predicted octanol–water partition coefficient (Wildman–Crippen LogP) is 6.24. The van der Waals surface area contributed by atoms with Crippen molar-refractivity contribution in [3.63, 3.8) is 0 Å². The molecule has 0 aliphatic heterocycles. The molecule has 102 valence electrons. The van der Waals surface area contributed by atoms with Crippen LogP contribution in [0, 0.1) is 0 Å². The molecule has 0 amide bonds. The number of hydrogen-bond acceptors (Lipinski definition) is 2. The van der Waals surface area contributed by atoms with Crippen molar-refractivity contribution in [2.24, 2.45) is 5.73 Å². The monoisotopic (exact) mass is 473 g/mol. The summed E-state index contributed by atoms with van der Waals surface area (Å²) in [6.07, 6.45) is 0. The molecule has 0 aliphatic rings. The van der Waals surface area contributed by atoms with Gasteiger partial charge in [-0.15, -0.1) is 11.3 Å². The molecule has 20 heavy (non-hydrogen) atoms. The summed E-state index contributed by atoms with van der Waals surface area (Å²) in [7, 11) is 0. The third-order valence-corrected chi connectivity index (χ3v) is 6.08. The highest BCUT2D eigenvalue weighted by Crippen LogP contribution is 2.37. The quantitative estimate of drug-likeness (QED) is 0.466. The van der Waals surface area contributed by atoms with Gasteiger partial charge in [0.05, 0.1) is 13.6 Å². The molecule has 0 saturated carbocycles. The maximum Gasteiger partial charge on any atom is 0.0761 e. The standard InChI is InChI=1S/C15H10Br3NS/c16-11-4-3-8-5-10(2-1-9(8)6-11)14(19)12-7-13(17)20-15(12)18/h1-7,14H,19H2. The second-order valence-electron chi connectivity index (χ2n) is 4.51. The summed E-state index contributed by atoms with van der Waals surface area (Å²) in [4.78, 5) is 0. The highest BCUT2D eigenvalue weighted by Gasteiger charge is 2.15. The van der Waals surface area contributed by atoms with E-state index in [-0.39, 0.29) is 6.04 Å². The van der Waals surface area contributed by atoms with E-state index in [1.54, 1.807) is 11.3 Å². The number of benzene rings is 2. The maximum absolute atomic E-state index is 6.40. The average Bonchev–Trinajstić information content (AvgIpc) is 2.76. The van der Waals surface area contributed by atoms with Crippen LogP contribution in [0.1, 0.15) is 17.2 Å². The van der Waals surface area contributed by atoms with Crippen LogP contribution in [0.2, 0.25) is 0 Å². The Morgan fingerprint density at radius 3 is 2.30 bits per heavy atom. The molecule has 0 aliphatic carbocycles. The molecule has 3 rings (SSSR count). The molecule has 2 aromatic carbocycles. The number of fused-ring (bicyclic) bond motifs is 1. The molecule has 0 fully saturated rings. The van der Waals surface area contributed by atoms with Gasteiger partial charge in [0.2, 0.25) is 0 Å². The van der Waals surface area contributed by atoms with Crippen LogP contribution in [-0.4, -0.2) is 0 Å². The van der Waals surface area contributed by atoms with E-state index < -0.39 is 0 Å². The van der Waals surface area contributed by atoms with Crippen molar-refractivity contribution in [2.45, 2.75) is 6.04 Å². The Bertz CT molecular complexity index is 782. The van der Waals surface area contributed by atoms with Crippen LogP contribution in [-0.2, 0) is 0 Å². The van der Waals surface area contributed by atoms with E-state index in [0.29, 0.717) is 0 Å². The van der Waals surface area contributed by atoms with Crippen LogP contribution in [0.25, 0.3) is 10.8 Å². The fourth-order valence-corrected chi connectivity index (χ4v) is 5.48. The average molecular weight is 476 g/mol. The SMILES string of the molecule is NC(c1ccc2cc(Br)ccc2c1)c1cc(Br)sc1Br. The molecule has 1 heterocycles. The van der Waals surface area contributed by atoms with Gasteiger partial charge in [0.15, 0.2) is 0 Å². The van der Waals surface area contributed by atoms with Crippen molar-refractivity contribution in [1.82, 2.24) is 0 Å². The number of thiophene rings is 1. The van der Waals surface area contributed by atoms with Gasteiger partial charge in [0.25, 0.3) is 0 Å². The molecule has 1 atom stereocenters. The van der Waals surface area contributed by atoms with E-state index in [4.69, 9.17) is 5.73 Å². The second-order valence-corrected chi connectivity index (χ2v) is 9.17. The van der Waals surface area contributed by atoms with Gasteiger partial charge >= 0.3 is 0 Å². The first-order chi connectivity index (χ1) is 9.54. The second kappa shape index (κ2) is 5.89. The fourth-order valence-electron chi connectivity index (χ4n) is 2.17. The highest BCUT2D eigenvalue weighted by atomic mass is 79.9. The molecular weight excluding hydrogens is 466 g/mol. The van der Waals surface area contributed by atoms with Crippen molar-refractivity contribution in [1.29, 1.82) is 0 Å². The zero-order chi connectivity index (χ0) is 14.3. The molecule has 1 unspecified atom stereocenters. The first-order valence-corrected chi connectivity index (χ1v) is 9.13. The van der Waals surface area contributed by atoms with Crippen molar-refractivity contribution in [3.05, 3.63) is 65.6 Å². The van der Waals surface area contributed by atoms with Crippen LogP contribution in [0.3, 0.4) is 0 Å². The summed E-state index contributed by atoms with van der Waals surface area (Å²) in [5.74, 6) is 0. The molecule has 0 bridgehead atoms. The minimum Gasteiger partial charge on any atom is -0.320 e. The van der Waals surface area contributed by atoms with Gasteiger partial charge in [0, 0.05) is 4.47 Å². The lowest BCUT2D eigenvalue weighted by Gasteiger charge is -2.12. The van der Waals surface area contributed by atoms with E-state index in [0.717, 1.165) is 23.2 Å². The number of nitrogens with two attached hydrogens (primary N) is 1. The number of halogens is 3. The van der Waals surface area contributed by atoms with Gasteiger partial charge < -0.3 is 5.73 Å². The topological polar surface area (TPSA) is 26.0 Å². The molecule has 1 nitrogen and oxygen atoms in total. The maximum atomic E-state index is 6.40. The molecule has 0 saturated heterocycles. The van der Waals surface area contributed by atoms with Crippen LogP contribution in [0.4, 0.5) is 0 Å². The summed E-state index contributed by atoms with van der Waals surface area (Å²) in [5, 5.41) is 2.41. The van der Waals surface area contributed by atoms with Crippen molar-refractivity contribution in [3.8, 4) is 0 Å². The normalized spacial score (nSPS) is 12.8. The van der Waals surface area contributed by atoms with Gasteiger partial charge in [-0.2, -0.15) is 0 Å². The van der Waals surface area contributed by atoms with Crippen molar-refractivity contribution < 1.29 is 0 Å². The van der Waals surface area contributed by atoms with Gasteiger partial charge in [-0.05, 0) is 78.0 Å². The smallest absolute Gasteiger partial charge is 0.0761 e. The Hall–Kier alpha value is -0.200. The Kier molecular flexibility index (Phi) is 4.34. The lowest BCUT2D eigenvalue weighted by molar-refractivity contribution is 0.874. The lowest BCUT2D eigenvalue weighted by atomic mass is 9.99. The van der Waals surface area contributed by atoms with Gasteiger partial charge in [-0.25, -0.2) is 0 Å². The Balaban J connectivity index is 2.05. The predicted molar refractivity (Wildman–Crippen MR) is 97.4 cm³/mol. The molecule has 0 spiro atoms. The summed E-state index contributed by atoms with van der Waals surface area (Å²) in [6.45, 7) is 0. The van der Waals surface area contributed by atoms with E-state index in [1.165, 1.54) is 10.8 Å². The van der Waals surface area contributed by atoms with Gasteiger partial charge in [0.1, 0.15) is 0 Å². The largest absolute Gasteiger partial charge is 0.320 e. The summed E-state index contributed by atoms with van der Waals surface area (Å²) >= 11 is 12.2. The van der Waals surface area contributed by atoms with E-state index in [2.05, 4.69) is 90.3 Å². The first-order valence-electron chi connectivity index (χ1n) is 5.94. The minimum absolute atomic E-state index is 0.125. The molecule has 1 aromatic heterocycles. The lowest BCUT2D eigenvalue weighted by Crippen LogP contribution is -2.11. The molecular formula is C15H10Br3NS. The van der Waals surface area contributed by atoms with Crippen LogP contribution in [0.5, 0.6) is 0 Å². The fraction of sp³-hybridized carbons (Fsp3) is 0.0667. The van der Waals surface area contributed by atoms with E-state index in [9.17, 15) is 0 Å². The number of rotatable bonds is 2. The third-order valence-electron chi connectivity index (χ3n) is 3.20. The van der Waals surface area contributed by atoms with Crippen LogP contribution in [0.15, 0.2) is 54.5 Å². The van der Waals surface area contributed by atoms with Crippen molar-refractivity contribution in [2.75, 3.05) is 0 Å². The Morgan fingerprint density at radius 1 is 0.900 bits per heavy atom. The zero-order valence-electron chi connectivity index (χ0n) is 10.2. The van der Waals surface area contributed by atoms with Crippen LogP contribution >= 0.6 is 59.1 Å². The first kappa shape index (κ1) is 14.7. The van der Waals surface area contributed by atoms with Crippen LogP contribution < -0.4 is 5.73 Å². The summed E-state index contributed by atoms with van der Waals surface area (Å²) < 4.78 is 3.25. The van der Waals surface area contributed by atoms with E-state index >= 15 is 0 Å². The molecule has 2 N–H and O–H groups in total. The highest BCUT2D eigenvalue weighted by molar-refractivity contribution is 9.12. The molecule has 5 heteroatoms. The third kappa shape index (κ3) is 2.88. The van der Waals surface area contributed by atoms with Gasteiger partial charge in [-0.3, -0.25) is 0 Å². The number of hydrogen-bond donors (Lipinski definition) is 1. The van der Waals surface area contributed by atoms with E-state index in [1.807, 2.05) is 0 Å². The molecule has 3 aromatic rings. The van der Waals surface area contributed by atoms with Crippen molar-refractivity contribution >= 4 is 69.9 Å². The minimum atomic E-state index is -0.125. The summed E-state index contributed by atoms with van der Waals surface area (Å²) in [6, 6.07) is 14.6. The Morgan fingerprint density at radius 2 is 1.60 bits per heavy atom. The van der Waals surface area contributed by atoms with Gasteiger partial charge in [-0.1, -0.05) is 34.1 Å².